The van der Waals surface area contributed by atoms with Gasteiger partial charge in [0.05, 0.1) is 6.04 Å². The summed E-state index contributed by atoms with van der Waals surface area (Å²) in [6, 6.07) is 5.57. The van der Waals surface area contributed by atoms with Gasteiger partial charge in [-0.3, -0.25) is 14.3 Å². The molecule has 0 saturated heterocycles. The minimum atomic E-state index is -0.311. The normalized spacial score (nSPS) is 12.0. The van der Waals surface area contributed by atoms with Crippen LogP contribution in [0.25, 0.3) is 0 Å². The molecule has 6 heteroatoms. The summed E-state index contributed by atoms with van der Waals surface area (Å²) < 4.78 is 1.53. The number of amides is 1. The molecule has 2 rings (SSSR count). The third-order valence-electron chi connectivity index (χ3n) is 3.74. The molecule has 0 aliphatic carbocycles. The molecule has 0 fully saturated rings. The van der Waals surface area contributed by atoms with Crippen LogP contribution < -0.4 is 11.0 Å². The van der Waals surface area contributed by atoms with E-state index in [1.54, 1.807) is 19.3 Å². The van der Waals surface area contributed by atoms with Gasteiger partial charge in [0.2, 0.25) is 5.91 Å². The first kappa shape index (κ1) is 16.9. The van der Waals surface area contributed by atoms with Crippen molar-refractivity contribution in [3.8, 4) is 0 Å². The first-order valence-corrected chi connectivity index (χ1v) is 7.75. The Balaban J connectivity index is 1.99. The van der Waals surface area contributed by atoms with Gasteiger partial charge in [0, 0.05) is 36.7 Å². The first-order chi connectivity index (χ1) is 11.0. The molecule has 0 aliphatic heterocycles. The lowest BCUT2D eigenvalue weighted by atomic mass is 10.1. The monoisotopic (exact) mass is 314 g/mol. The molecule has 0 bridgehead atoms. The van der Waals surface area contributed by atoms with E-state index in [0.29, 0.717) is 12.2 Å². The third kappa shape index (κ3) is 4.48. The second-order valence-electron chi connectivity index (χ2n) is 5.54. The van der Waals surface area contributed by atoms with Crippen molar-refractivity contribution in [3.63, 3.8) is 0 Å². The van der Waals surface area contributed by atoms with Crippen LogP contribution in [0, 0.1) is 13.8 Å². The minimum absolute atomic E-state index is 0.0647. The highest BCUT2D eigenvalue weighted by Crippen LogP contribution is 2.15. The van der Waals surface area contributed by atoms with Crippen LogP contribution in [0.4, 0.5) is 0 Å². The molecule has 23 heavy (non-hydrogen) atoms. The number of nitrogens with zero attached hydrogens (tertiary/aromatic N) is 3. The average Bonchev–Trinajstić information content (AvgIpc) is 2.52. The highest BCUT2D eigenvalue weighted by Gasteiger charge is 2.13. The number of carbonyl (C=O) groups excluding carboxylic acids is 1. The van der Waals surface area contributed by atoms with Crippen LogP contribution in [0.15, 0.2) is 35.4 Å². The number of carbonyl (C=O) groups is 1. The van der Waals surface area contributed by atoms with E-state index in [4.69, 9.17) is 0 Å². The molecule has 0 aliphatic rings. The maximum absolute atomic E-state index is 12.2. The van der Waals surface area contributed by atoms with E-state index in [1.807, 2.05) is 32.0 Å². The number of aromatic nitrogens is 3. The number of nitrogens with one attached hydrogen (secondary N) is 1. The van der Waals surface area contributed by atoms with E-state index >= 15 is 0 Å². The van der Waals surface area contributed by atoms with Gasteiger partial charge in [-0.15, -0.1) is 0 Å². The lowest BCUT2D eigenvalue weighted by Crippen LogP contribution is -2.32. The Kier molecular flexibility index (Phi) is 5.62. The number of aryl methyl sites for hydroxylation is 2. The summed E-state index contributed by atoms with van der Waals surface area (Å²) >= 11 is 0. The van der Waals surface area contributed by atoms with Gasteiger partial charge in [-0.2, -0.15) is 4.98 Å². The summed E-state index contributed by atoms with van der Waals surface area (Å²) in [5.41, 5.74) is 2.17. The van der Waals surface area contributed by atoms with Gasteiger partial charge < -0.3 is 5.32 Å². The van der Waals surface area contributed by atoms with Crippen molar-refractivity contribution in [3.05, 3.63) is 58.0 Å². The number of hydrogen-bond donors (Lipinski definition) is 1. The third-order valence-corrected chi connectivity index (χ3v) is 3.74. The highest BCUT2D eigenvalue weighted by atomic mass is 16.2. The van der Waals surface area contributed by atoms with Crippen molar-refractivity contribution in [1.82, 2.24) is 19.9 Å². The van der Waals surface area contributed by atoms with Gasteiger partial charge in [-0.05, 0) is 38.0 Å². The Morgan fingerprint density at radius 3 is 2.78 bits per heavy atom. The first-order valence-electron chi connectivity index (χ1n) is 7.75. The number of rotatable bonds is 6. The quantitative estimate of drug-likeness (QED) is 0.883. The van der Waals surface area contributed by atoms with Gasteiger partial charge in [-0.1, -0.05) is 13.0 Å². The van der Waals surface area contributed by atoms with E-state index in [9.17, 15) is 9.59 Å². The SMILES string of the molecule is CC[C@@H](NC(=O)CCn1c(C)cc(C)nc1=O)c1cccnc1. The average molecular weight is 314 g/mol. The van der Waals surface area contributed by atoms with Crippen LogP contribution in [0.3, 0.4) is 0 Å². The molecule has 1 N–H and O–H groups in total. The van der Waals surface area contributed by atoms with Crippen LogP contribution in [0.2, 0.25) is 0 Å². The smallest absolute Gasteiger partial charge is 0.347 e. The molecule has 2 aromatic heterocycles. The van der Waals surface area contributed by atoms with Gasteiger partial charge in [-0.25, -0.2) is 4.79 Å². The zero-order valence-corrected chi connectivity index (χ0v) is 13.7. The summed E-state index contributed by atoms with van der Waals surface area (Å²) in [7, 11) is 0. The molecule has 0 unspecified atom stereocenters. The maximum atomic E-state index is 12.2. The Morgan fingerprint density at radius 1 is 1.39 bits per heavy atom. The topological polar surface area (TPSA) is 76.9 Å². The standard InChI is InChI=1S/C17H22N4O2/c1-4-15(14-6-5-8-18-11-14)20-16(22)7-9-21-13(3)10-12(2)19-17(21)23/h5-6,8,10-11,15H,4,7,9H2,1-3H3,(H,20,22)/t15-/m1/s1. The van der Waals surface area contributed by atoms with Gasteiger partial charge in [0.15, 0.2) is 0 Å². The molecule has 0 aromatic carbocycles. The molecule has 2 aromatic rings. The predicted octanol–water partition coefficient (Wildman–Crippen LogP) is 1.91. The summed E-state index contributed by atoms with van der Waals surface area (Å²) in [5.74, 6) is -0.0902. The van der Waals surface area contributed by atoms with E-state index in [-0.39, 0.29) is 24.1 Å². The molecular weight excluding hydrogens is 292 g/mol. The molecule has 0 radical (unpaired) electrons. The highest BCUT2D eigenvalue weighted by molar-refractivity contribution is 5.76. The van der Waals surface area contributed by atoms with Crippen LogP contribution in [0.5, 0.6) is 0 Å². The second-order valence-corrected chi connectivity index (χ2v) is 5.54. The fraction of sp³-hybridized carbons (Fsp3) is 0.412. The molecule has 0 saturated carbocycles. The lowest BCUT2D eigenvalue weighted by molar-refractivity contribution is -0.122. The van der Waals surface area contributed by atoms with E-state index in [1.165, 1.54) is 4.57 Å². The van der Waals surface area contributed by atoms with Crippen molar-refractivity contribution in [2.75, 3.05) is 0 Å². The van der Waals surface area contributed by atoms with Crippen LogP contribution in [-0.4, -0.2) is 20.4 Å². The summed E-state index contributed by atoms with van der Waals surface area (Å²) in [6.07, 6.45) is 4.48. The van der Waals surface area contributed by atoms with Gasteiger partial charge in [0.25, 0.3) is 0 Å². The lowest BCUT2D eigenvalue weighted by Gasteiger charge is -2.17. The zero-order valence-electron chi connectivity index (χ0n) is 13.7. The Hall–Kier alpha value is -2.50. The van der Waals surface area contributed by atoms with Crippen molar-refractivity contribution in [2.45, 2.75) is 46.2 Å². The van der Waals surface area contributed by atoms with Gasteiger partial charge >= 0.3 is 5.69 Å². The Labute approximate surface area is 135 Å². The molecule has 1 amide bonds. The number of hydrogen-bond acceptors (Lipinski definition) is 4. The molecule has 0 spiro atoms. The Morgan fingerprint density at radius 2 is 2.17 bits per heavy atom. The molecule has 122 valence electrons. The van der Waals surface area contributed by atoms with E-state index in [0.717, 1.165) is 17.7 Å². The largest absolute Gasteiger partial charge is 0.349 e. The minimum Gasteiger partial charge on any atom is -0.349 e. The van der Waals surface area contributed by atoms with Crippen molar-refractivity contribution in [1.29, 1.82) is 0 Å². The molecule has 2 heterocycles. The predicted molar refractivity (Wildman–Crippen MR) is 88.0 cm³/mol. The van der Waals surface area contributed by atoms with E-state index < -0.39 is 0 Å². The summed E-state index contributed by atoms with van der Waals surface area (Å²) in [5, 5.41) is 2.99. The molecular formula is C17H22N4O2. The van der Waals surface area contributed by atoms with Crippen LogP contribution >= 0.6 is 0 Å². The zero-order chi connectivity index (χ0) is 16.8. The fourth-order valence-corrected chi connectivity index (χ4v) is 2.53. The van der Waals surface area contributed by atoms with Crippen molar-refractivity contribution < 1.29 is 4.79 Å². The second kappa shape index (κ2) is 7.67. The number of pyridine rings is 1. The van der Waals surface area contributed by atoms with Crippen molar-refractivity contribution >= 4 is 5.91 Å². The Bertz CT molecular complexity index is 725. The van der Waals surface area contributed by atoms with E-state index in [2.05, 4.69) is 15.3 Å². The summed E-state index contributed by atoms with van der Waals surface area (Å²) in [4.78, 5) is 32.1. The van der Waals surface area contributed by atoms with Crippen LogP contribution in [0.1, 0.15) is 42.8 Å². The van der Waals surface area contributed by atoms with Crippen LogP contribution in [-0.2, 0) is 11.3 Å². The summed E-state index contributed by atoms with van der Waals surface area (Å²) in [6.45, 7) is 5.97. The van der Waals surface area contributed by atoms with Gasteiger partial charge in [0.1, 0.15) is 0 Å². The molecule has 6 nitrogen and oxygen atoms in total. The van der Waals surface area contributed by atoms with Crippen molar-refractivity contribution in [2.24, 2.45) is 0 Å². The fourth-order valence-electron chi connectivity index (χ4n) is 2.53. The maximum Gasteiger partial charge on any atom is 0.347 e. The molecule has 1 atom stereocenters.